The molecule has 0 bridgehead atoms. The molecule has 0 saturated carbocycles. The summed E-state index contributed by atoms with van der Waals surface area (Å²) < 4.78 is 30.8. The number of hydrogen-bond donors (Lipinski definition) is 1. The number of benzene rings is 2. The van der Waals surface area contributed by atoms with Crippen molar-refractivity contribution in [3.8, 4) is 0 Å². The quantitative estimate of drug-likeness (QED) is 0.814. The molecule has 1 N–H and O–H groups in total. The minimum Gasteiger partial charge on any atom is -0.445 e. The van der Waals surface area contributed by atoms with E-state index >= 15 is 0 Å². The molecule has 0 fully saturated rings. The topological polar surface area (TPSA) is 38.3 Å². The number of ether oxygens (including phenoxy) is 1. The third-order valence-corrected chi connectivity index (χ3v) is 2.98. The van der Waals surface area contributed by atoms with E-state index in [-0.39, 0.29) is 17.3 Å². The Kier molecular flexibility index (Phi) is 5.49. The zero-order valence-electron chi connectivity index (χ0n) is 11.4. The van der Waals surface area contributed by atoms with Crippen LogP contribution >= 0.6 is 11.6 Å². The SMILES string of the molecule is O=C(Nc1cc(F)c(F)cc1Cl)OC/C=C/c1ccccc1. The zero-order valence-corrected chi connectivity index (χ0v) is 12.1. The molecule has 22 heavy (non-hydrogen) atoms. The second-order valence-electron chi connectivity index (χ2n) is 4.28. The molecule has 0 aromatic heterocycles. The smallest absolute Gasteiger partial charge is 0.411 e. The highest BCUT2D eigenvalue weighted by atomic mass is 35.5. The highest BCUT2D eigenvalue weighted by Crippen LogP contribution is 2.24. The average molecular weight is 324 g/mol. The summed E-state index contributed by atoms with van der Waals surface area (Å²) in [6.45, 7) is 0.0298. The number of hydrogen-bond acceptors (Lipinski definition) is 2. The Labute approximate surface area is 131 Å². The van der Waals surface area contributed by atoms with Gasteiger partial charge in [0.25, 0.3) is 0 Å². The monoisotopic (exact) mass is 323 g/mol. The number of amides is 1. The minimum absolute atomic E-state index is 0.0298. The van der Waals surface area contributed by atoms with Gasteiger partial charge in [0.1, 0.15) is 6.61 Å². The summed E-state index contributed by atoms with van der Waals surface area (Å²) in [4.78, 5) is 11.5. The lowest BCUT2D eigenvalue weighted by molar-refractivity contribution is 0.174. The number of nitrogens with one attached hydrogen (secondary N) is 1. The molecule has 0 heterocycles. The molecule has 0 aliphatic heterocycles. The third kappa shape index (κ3) is 4.56. The summed E-state index contributed by atoms with van der Waals surface area (Å²) in [5.74, 6) is -2.20. The molecule has 2 rings (SSSR count). The Bertz CT molecular complexity index is 690. The molecule has 0 spiro atoms. The van der Waals surface area contributed by atoms with Gasteiger partial charge in [0.2, 0.25) is 0 Å². The van der Waals surface area contributed by atoms with Crippen molar-refractivity contribution in [2.45, 2.75) is 0 Å². The van der Waals surface area contributed by atoms with E-state index < -0.39 is 17.7 Å². The minimum atomic E-state index is -1.11. The van der Waals surface area contributed by atoms with Gasteiger partial charge < -0.3 is 4.74 Å². The van der Waals surface area contributed by atoms with Gasteiger partial charge in [0.15, 0.2) is 11.6 Å². The van der Waals surface area contributed by atoms with E-state index in [2.05, 4.69) is 5.32 Å². The lowest BCUT2D eigenvalue weighted by atomic mass is 10.2. The van der Waals surface area contributed by atoms with Gasteiger partial charge in [-0.25, -0.2) is 13.6 Å². The van der Waals surface area contributed by atoms with Crippen LogP contribution in [0.3, 0.4) is 0 Å². The highest BCUT2D eigenvalue weighted by molar-refractivity contribution is 6.33. The fourth-order valence-corrected chi connectivity index (χ4v) is 1.83. The van der Waals surface area contributed by atoms with Crippen molar-refractivity contribution < 1.29 is 18.3 Å². The Hall–Kier alpha value is -2.40. The molecule has 2 aromatic carbocycles. The summed E-state index contributed by atoms with van der Waals surface area (Å²) in [6.07, 6.45) is 2.63. The van der Waals surface area contributed by atoms with Crippen LogP contribution in [0.4, 0.5) is 19.3 Å². The van der Waals surface area contributed by atoms with Crippen molar-refractivity contribution in [1.29, 1.82) is 0 Å². The van der Waals surface area contributed by atoms with Crippen molar-refractivity contribution in [2.24, 2.45) is 0 Å². The molecule has 114 valence electrons. The number of carbonyl (C=O) groups excluding carboxylic acids is 1. The Morgan fingerprint density at radius 3 is 2.59 bits per heavy atom. The first-order chi connectivity index (χ1) is 10.6. The lowest BCUT2D eigenvalue weighted by Gasteiger charge is -2.07. The standard InChI is InChI=1S/C16H12ClF2NO2/c17-12-9-13(18)14(19)10-15(12)20-16(21)22-8-4-7-11-5-2-1-3-6-11/h1-7,9-10H,8H2,(H,20,21)/b7-4+. The van der Waals surface area contributed by atoms with Gasteiger partial charge in [-0.05, 0) is 17.7 Å². The van der Waals surface area contributed by atoms with Crippen molar-refractivity contribution in [1.82, 2.24) is 0 Å². The summed E-state index contributed by atoms with van der Waals surface area (Å²) in [5, 5.41) is 2.13. The zero-order chi connectivity index (χ0) is 15.9. The summed E-state index contributed by atoms with van der Waals surface area (Å²) in [7, 11) is 0. The number of halogens is 3. The van der Waals surface area contributed by atoms with Gasteiger partial charge in [-0.1, -0.05) is 48.0 Å². The first kappa shape index (κ1) is 16.0. The van der Waals surface area contributed by atoms with Crippen LogP contribution in [0.25, 0.3) is 6.08 Å². The Balaban J connectivity index is 1.86. The van der Waals surface area contributed by atoms with Crippen LogP contribution < -0.4 is 5.32 Å². The normalized spacial score (nSPS) is 10.7. The molecular formula is C16H12ClF2NO2. The Morgan fingerprint density at radius 1 is 1.18 bits per heavy atom. The van der Waals surface area contributed by atoms with Crippen molar-refractivity contribution in [3.05, 3.63) is 70.8 Å². The van der Waals surface area contributed by atoms with Gasteiger partial charge in [-0.2, -0.15) is 0 Å². The van der Waals surface area contributed by atoms with E-state index in [4.69, 9.17) is 16.3 Å². The molecule has 0 radical (unpaired) electrons. The van der Waals surface area contributed by atoms with E-state index in [1.807, 2.05) is 30.3 Å². The van der Waals surface area contributed by atoms with Gasteiger partial charge in [-0.15, -0.1) is 0 Å². The van der Waals surface area contributed by atoms with E-state index in [9.17, 15) is 13.6 Å². The van der Waals surface area contributed by atoms with Crippen molar-refractivity contribution in [2.75, 3.05) is 11.9 Å². The molecule has 0 atom stereocenters. The predicted octanol–water partition coefficient (Wildman–Crippen LogP) is 4.88. The fraction of sp³-hybridized carbons (Fsp3) is 0.0625. The molecule has 1 amide bonds. The number of anilines is 1. The molecule has 0 aliphatic rings. The average Bonchev–Trinajstić information content (AvgIpc) is 2.50. The van der Waals surface area contributed by atoms with Crippen LogP contribution in [-0.2, 0) is 4.74 Å². The van der Waals surface area contributed by atoms with Crippen LogP contribution in [0.2, 0.25) is 5.02 Å². The van der Waals surface area contributed by atoms with Crippen molar-refractivity contribution >= 4 is 29.5 Å². The number of rotatable bonds is 4. The van der Waals surface area contributed by atoms with Crippen molar-refractivity contribution in [3.63, 3.8) is 0 Å². The summed E-state index contributed by atoms with van der Waals surface area (Å²) >= 11 is 5.70. The van der Waals surface area contributed by atoms with Crippen LogP contribution in [0, 0.1) is 11.6 Å². The van der Waals surface area contributed by atoms with E-state index in [0.29, 0.717) is 0 Å². The predicted molar refractivity (Wildman–Crippen MR) is 81.8 cm³/mol. The van der Waals surface area contributed by atoms with Crippen LogP contribution in [0.15, 0.2) is 48.5 Å². The maximum atomic E-state index is 13.1. The molecular weight excluding hydrogens is 312 g/mol. The largest absolute Gasteiger partial charge is 0.445 e. The molecule has 0 unspecified atom stereocenters. The lowest BCUT2D eigenvalue weighted by Crippen LogP contribution is -2.14. The van der Waals surface area contributed by atoms with Gasteiger partial charge in [-0.3, -0.25) is 5.32 Å². The maximum absolute atomic E-state index is 13.1. The first-order valence-electron chi connectivity index (χ1n) is 6.36. The van der Waals surface area contributed by atoms with E-state index in [1.54, 1.807) is 12.2 Å². The van der Waals surface area contributed by atoms with Gasteiger partial charge in [0, 0.05) is 6.07 Å². The van der Waals surface area contributed by atoms with Crippen LogP contribution in [0.5, 0.6) is 0 Å². The molecule has 0 saturated heterocycles. The van der Waals surface area contributed by atoms with Gasteiger partial charge in [0.05, 0.1) is 10.7 Å². The molecule has 6 heteroatoms. The second kappa shape index (κ2) is 7.56. The molecule has 0 aliphatic carbocycles. The molecule has 3 nitrogen and oxygen atoms in total. The van der Waals surface area contributed by atoms with Crippen LogP contribution in [-0.4, -0.2) is 12.7 Å². The molecule has 2 aromatic rings. The maximum Gasteiger partial charge on any atom is 0.411 e. The highest BCUT2D eigenvalue weighted by Gasteiger charge is 2.11. The summed E-state index contributed by atoms with van der Waals surface area (Å²) in [5.41, 5.74) is 0.910. The first-order valence-corrected chi connectivity index (χ1v) is 6.74. The van der Waals surface area contributed by atoms with E-state index in [0.717, 1.165) is 17.7 Å². The van der Waals surface area contributed by atoms with E-state index in [1.165, 1.54) is 0 Å². The summed E-state index contributed by atoms with van der Waals surface area (Å²) in [6, 6.07) is 11.0. The van der Waals surface area contributed by atoms with Crippen LogP contribution in [0.1, 0.15) is 5.56 Å². The fourth-order valence-electron chi connectivity index (χ4n) is 1.64. The number of carbonyl (C=O) groups is 1. The van der Waals surface area contributed by atoms with Gasteiger partial charge >= 0.3 is 6.09 Å². The Morgan fingerprint density at radius 2 is 1.86 bits per heavy atom. The third-order valence-electron chi connectivity index (χ3n) is 2.67. The second-order valence-corrected chi connectivity index (χ2v) is 4.69.